The Balaban J connectivity index is 2.13. The third-order valence-corrected chi connectivity index (χ3v) is 4.73. The maximum Gasteiger partial charge on any atom is 0.405 e. The number of rotatable bonds is 5. The quantitative estimate of drug-likeness (QED) is 0.740. The van der Waals surface area contributed by atoms with Crippen molar-refractivity contribution in [3.05, 3.63) is 58.9 Å². The van der Waals surface area contributed by atoms with Crippen molar-refractivity contribution in [2.75, 3.05) is 11.3 Å². The lowest BCUT2D eigenvalue weighted by Gasteiger charge is -2.10. The Morgan fingerprint density at radius 1 is 1.08 bits per heavy atom. The number of anilines is 1. The molecule has 0 fully saturated rings. The minimum absolute atomic E-state index is 0.0170. The average molecular weight is 411 g/mol. The Morgan fingerprint density at radius 2 is 1.69 bits per heavy atom. The SMILES string of the molecule is O=C(NCC(F)(F)F)c1ccc(S(=O)(=O)Nc2ccc(F)c(Cl)c2)cc1. The van der Waals surface area contributed by atoms with Crippen LogP contribution in [0.25, 0.3) is 0 Å². The van der Waals surface area contributed by atoms with Crippen LogP contribution in [0, 0.1) is 5.82 Å². The normalized spacial score (nSPS) is 11.9. The van der Waals surface area contributed by atoms with Crippen LogP contribution in [0.1, 0.15) is 10.4 Å². The van der Waals surface area contributed by atoms with E-state index in [1.165, 1.54) is 0 Å². The first-order valence-electron chi connectivity index (χ1n) is 6.91. The first-order chi connectivity index (χ1) is 12.0. The van der Waals surface area contributed by atoms with Gasteiger partial charge in [-0.15, -0.1) is 0 Å². The van der Waals surface area contributed by atoms with E-state index < -0.39 is 34.5 Å². The highest BCUT2D eigenvalue weighted by Crippen LogP contribution is 2.22. The number of hydrogen-bond donors (Lipinski definition) is 2. The molecule has 0 aliphatic heterocycles. The van der Waals surface area contributed by atoms with Crippen molar-refractivity contribution >= 4 is 33.2 Å². The second-order valence-electron chi connectivity index (χ2n) is 5.06. The van der Waals surface area contributed by atoms with Crippen LogP contribution in [-0.4, -0.2) is 27.0 Å². The molecule has 2 aromatic rings. The van der Waals surface area contributed by atoms with Crippen molar-refractivity contribution in [1.82, 2.24) is 5.32 Å². The Morgan fingerprint density at radius 3 is 2.23 bits per heavy atom. The molecule has 2 aromatic carbocycles. The van der Waals surface area contributed by atoms with Crippen molar-refractivity contribution in [2.45, 2.75) is 11.1 Å². The van der Waals surface area contributed by atoms with Crippen LogP contribution >= 0.6 is 11.6 Å². The second-order valence-corrected chi connectivity index (χ2v) is 7.15. The minimum Gasteiger partial charge on any atom is -0.343 e. The smallest absolute Gasteiger partial charge is 0.343 e. The van der Waals surface area contributed by atoms with Crippen molar-refractivity contribution < 1.29 is 30.8 Å². The van der Waals surface area contributed by atoms with E-state index in [1.807, 2.05) is 0 Å². The Hall–Kier alpha value is -2.33. The molecule has 2 rings (SSSR count). The van der Waals surface area contributed by atoms with Gasteiger partial charge in [0.1, 0.15) is 12.4 Å². The van der Waals surface area contributed by atoms with E-state index >= 15 is 0 Å². The summed E-state index contributed by atoms with van der Waals surface area (Å²) in [5, 5.41) is 1.39. The van der Waals surface area contributed by atoms with Gasteiger partial charge in [-0.05, 0) is 42.5 Å². The number of carbonyl (C=O) groups excluding carboxylic acids is 1. The van der Waals surface area contributed by atoms with Gasteiger partial charge in [-0.1, -0.05) is 11.6 Å². The maximum atomic E-state index is 13.1. The maximum absolute atomic E-state index is 13.1. The highest BCUT2D eigenvalue weighted by Gasteiger charge is 2.28. The summed E-state index contributed by atoms with van der Waals surface area (Å²) in [6, 6.07) is 7.46. The highest BCUT2D eigenvalue weighted by atomic mass is 35.5. The minimum atomic E-state index is -4.56. The number of halogens is 5. The molecule has 5 nitrogen and oxygen atoms in total. The topological polar surface area (TPSA) is 75.3 Å². The van der Waals surface area contributed by atoms with E-state index in [0.717, 1.165) is 42.5 Å². The molecule has 0 unspecified atom stereocenters. The summed E-state index contributed by atoms with van der Waals surface area (Å²) in [5.41, 5.74) is -0.124. The molecule has 0 radical (unpaired) electrons. The molecule has 140 valence electrons. The molecule has 0 saturated heterocycles. The van der Waals surface area contributed by atoms with Crippen LogP contribution < -0.4 is 10.0 Å². The van der Waals surface area contributed by atoms with E-state index in [2.05, 4.69) is 4.72 Å². The predicted molar refractivity (Wildman–Crippen MR) is 87.0 cm³/mol. The summed E-state index contributed by atoms with van der Waals surface area (Å²) >= 11 is 5.57. The highest BCUT2D eigenvalue weighted by molar-refractivity contribution is 7.92. The van der Waals surface area contributed by atoms with E-state index in [0.29, 0.717) is 0 Å². The molecule has 1 amide bonds. The number of carbonyl (C=O) groups is 1. The zero-order chi connectivity index (χ0) is 19.5. The van der Waals surface area contributed by atoms with Crippen molar-refractivity contribution in [3.8, 4) is 0 Å². The molecule has 0 atom stereocenters. The van der Waals surface area contributed by atoms with Gasteiger partial charge >= 0.3 is 6.18 Å². The summed E-state index contributed by atoms with van der Waals surface area (Å²) in [6.07, 6.45) is -4.56. The van der Waals surface area contributed by atoms with Crippen LogP contribution in [0.3, 0.4) is 0 Å². The molecule has 0 aliphatic carbocycles. The van der Waals surface area contributed by atoms with Gasteiger partial charge in [-0.2, -0.15) is 13.2 Å². The first kappa shape index (κ1) is 20.0. The van der Waals surface area contributed by atoms with Gasteiger partial charge in [0, 0.05) is 5.56 Å². The molecule has 0 saturated carbocycles. The largest absolute Gasteiger partial charge is 0.405 e. The first-order valence-corrected chi connectivity index (χ1v) is 8.77. The average Bonchev–Trinajstić information content (AvgIpc) is 2.55. The molecule has 0 aliphatic rings. The standard InChI is InChI=1S/C15H11ClF4N2O3S/c16-12-7-10(3-6-13(12)17)22-26(24,25)11-4-1-9(2-5-11)14(23)21-8-15(18,19)20/h1-7,22H,8H2,(H,21,23). The third kappa shape index (κ3) is 5.33. The Bertz CT molecular complexity index is 915. The van der Waals surface area contributed by atoms with Crippen LogP contribution in [0.15, 0.2) is 47.4 Å². The summed E-state index contributed by atoms with van der Waals surface area (Å²) < 4.78 is 76.0. The molecule has 11 heteroatoms. The Labute approximate surface area is 151 Å². The van der Waals surface area contributed by atoms with Gasteiger partial charge < -0.3 is 5.32 Å². The monoisotopic (exact) mass is 410 g/mol. The second kappa shape index (κ2) is 7.50. The number of sulfonamides is 1. The van der Waals surface area contributed by atoms with Gasteiger partial charge in [0.15, 0.2) is 0 Å². The van der Waals surface area contributed by atoms with E-state index in [1.54, 1.807) is 5.32 Å². The van der Waals surface area contributed by atoms with Gasteiger partial charge in [-0.25, -0.2) is 12.8 Å². The molecule has 0 bridgehead atoms. The van der Waals surface area contributed by atoms with E-state index in [9.17, 15) is 30.8 Å². The molecular weight excluding hydrogens is 400 g/mol. The Kier molecular flexibility index (Phi) is 5.77. The lowest BCUT2D eigenvalue weighted by Crippen LogP contribution is -2.33. The van der Waals surface area contributed by atoms with Crippen molar-refractivity contribution in [3.63, 3.8) is 0 Å². The fourth-order valence-corrected chi connectivity index (χ4v) is 3.07. The van der Waals surface area contributed by atoms with Gasteiger partial charge in [0.05, 0.1) is 15.6 Å². The van der Waals surface area contributed by atoms with Gasteiger partial charge in [-0.3, -0.25) is 9.52 Å². The number of hydrogen-bond acceptors (Lipinski definition) is 3. The van der Waals surface area contributed by atoms with Crippen LogP contribution in [0.4, 0.5) is 23.2 Å². The van der Waals surface area contributed by atoms with E-state index in [4.69, 9.17) is 11.6 Å². The third-order valence-electron chi connectivity index (χ3n) is 3.05. The molecule has 0 heterocycles. The zero-order valence-corrected chi connectivity index (χ0v) is 14.3. The predicted octanol–water partition coefficient (Wildman–Crippen LogP) is 3.57. The number of nitrogens with one attached hydrogen (secondary N) is 2. The number of alkyl halides is 3. The van der Waals surface area contributed by atoms with Crippen LogP contribution in [0.5, 0.6) is 0 Å². The number of amides is 1. The summed E-state index contributed by atoms with van der Waals surface area (Å²) in [5.74, 6) is -1.71. The zero-order valence-electron chi connectivity index (χ0n) is 12.8. The molecule has 0 aromatic heterocycles. The molecule has 2 N–H and O–H groups in total. The molecule has 0 spiro atoms. The van der Waals surface area contributed by atoms with Crippen molar-refractivity contribution in [2.24, 2.45) is 0 Å². The lowest BCUT2D eigenvalue weighted by molar-refractivity contribution is -0.123. The number of benzene rings is 2. The lowest BCUT2D eigenvalue weighted by atomic mass is 10.2. The molecule has 26 heavy (non-hydrogen) atoms. The molecular formula is C15H11ClF4N2O3S. The van der Waals surface area contributed by atoms with Crippen LogP contribution in [-0.2, 0) is 10.0 Å². The summed E-state index contributed by atoms with van der Waals surface area (Å²) in [6.45, 7) is -1.50. The van der Waals surface area contributed by atoms with Crippen LogP contribution in [0.2, 0.25) is 5.02 Å². The fourth-order valence-electron chi connectivity index (χ4n) is 1.84. The van der Waals surface area contributed by atoms with Gasteiger partial charge in [0.25, 0.3) is 15.9 Å². The van der Waals surface area contributed by atoms with Gasteiger partial charge in [0.2, 0.25) is 0 Å². The summed E-state index contributed by atoms with van der Waals surface area (Å²) in [4.78, 5) is 11.3. The fraction of sp³-hybridized carbons (Fsp3) is 0.133. The van der Waals surface area contributed by atoms with E-state index in [-0.39, 0.29) is 21.2 Å². The van der Waals surface area contributed by atoms with Crippen molar-refractivity contribution in [1.29, 1.82) is 0 Å². The summed E-state index contributed by atoms with van der Waals surface area (Å²) in [7, 11) is -4.06.